The van der Waals surface area contributed by atoms with Crippen LogP contribution in [-0.4, -0.2) is 63.4 Å². The van der Waals surface area contributed by atoms with E-state index in [1.54, 1.807) is 0 Å². The number of rotatable bonds is 8. The summed E-state index contributed by atoms with van der Waals surface area (Å²) < 4.78 is 9.77. The van der Waals surface area contributed by atoms with Gasteiger partial charge in [0.2, 0.25) is 5.95 Å². The van der Waals surface area contributed by atoms with E-state index in [2.05, 4.69) is 62.6 Å². The Morgan fingerprint density at radius 2 is 1.83 bits per heavy atom. The third-order valence-corrected chi connectivity index (χ3v) is 8.78. The topological polar surface area (TPSA) is 89.2 Å². The van der Waals surface area contributed by atoms with Crippen molar-refractivity contribution >= 4 is 28.4 Å². The van der Waals surface area contributed by atoms with Crippen molar-refractivity contribution in [3.63, 3.8) is 0 Å². The van der Waals surface area contributed by atoms with E-state index in [9.17, 15) is 4.79 Å². The number of likely N-dealkylation sites (N-methyl/N-ethyl adjacent to an activating group) is 1. The molecule has 2 N–H and O–H groups in total. The van der Waals surface area contributed by atoms with Gasteiger partial charge in [0.15, 0.2) is 0 Å². The summed E-state index contributed by atoms with van der Waals surface area (Å²) in [5.41, 5.74) is 4.76. The Morgan fingerprint density at radius 1 is 1.02 bits per heavy atom. The standard InChI is InChI=1S/C32H39N7O2/c1-37-14-2-4-26(20-37)34-24-8-10-25(11-9-24)35-32-33-19-23-18-29(22-6-7-22)31(40)39(30(23)36-32)21-28-5-3-15-38(28)27-12-16-41-17-13-27/h3,5,8-11,15,18-19,22,26-27,34H,2,4,6-7,12-14,16-17,20-21H2,1H3,(H,33,35,36). The maximum atomic E-state index is 13.8. The predicted octanol–water partition coefficient (Wildman–Crippen LogP) is 5.12. The van der Waals surface area contributed by atoms with E-state index in [1.807, 2.05) is 29.0 Å². The molecule has 9 heteroatoms. The number of anilines is 3. The minimum atomic E-state index is 0.0631. The first kappa shape index (κ1) is 26.2. The monoisotopic (exact) mass is 553 g/mol. The van der Waals surface area contributed by atoms with Crippen LogP contribution in [0.25, 0.3) is 11.0 Å². The minimum absolute atomic E-state index is 0.0631. The van der Waals surface area contributed by atoms with Crippen molar-refractivity contribution in [1.82, 2.24) is 24.0 Å². The van der Waals surface area contributed by atoms with Crippen LogP contribution in [0.3, 0.4) is 0 Å². The van der Waals surface area contributed by atoms with E-state index < -0.39 is 0 Å². The maximum Gasteiger partial charge on any atom is 0.256 e. The predicted molar refractivity (Wildman–Crippen MR) is 162 cm³/mol. The van der Waals surface area contributed by atoms with Crippen molar-refractivity contribution in [2.24, 2.45) is 0 Å². The van der Waals surface area contributed by atoms with Crippen molar-refractivity contribution in [3.05, 3.63) is 76.5 Å². The molecule has 3 aliphatic rings. The molecular weight excluding hydrogens is 514 g/mol. The number of ether oxygens (including phenoxy) is 1. The second-order valence-corrected chi connectivity index (χ2v) is 11.9. The number of pyridine rings is 1. The van der Waals surface area contributed by atoms with Gasteiger partial charge in [-0.15, -0.1) is 0 Å². The summed E-state index contributed by atoms with van der Waals surface area (Å²) in [4.78, 5) is 25.7. The van der Waals surface area contributed by atoms with Gasteiger partial charge in [-0.3, -0.25) is 9.36 Å². The third-order valence-electron chi connectivity index (χ3n) is 8.78. The van der Waals surface area contributed by atoms with E-state index in [0.717, 1.165) is 73.5 Å². The van der Waals surface area contributed by atoms with Crippen LogP contribution in [0.5, 0.6) is 0 Å². The first-order valence-corrected chi connectivity index (χ1v) is 15.1. The lowest BCUT2D eigenvalue weighted by atomic mass is 10.1. The number of likely N-dealkylation sites (tertiary alicyclic amines) is 1. The molecule has 1 unspecified atom stereocenters. The number of nitrogens with zero attached hydrogens (tertiary/aromatic N) is 5. The molecule has 3 aromatic heterocycles. The zero-order valence-electron chi connectivity index (χ0n) is 23.8. The van der Waals surface area contributed by atoms with E-state index in [-0.39, 0.29) is 5.56 Å². The summed E-state index contributed by atoms with van der Waals surface area (Å²) in [5, 5.41) is 7.92. The first-order valence-electron chi connectivity index (χ1n) is 15.1. The van der Waals surface area contributed by atoms with Crippen LogP contribution in [0.2, 0.25) is 0 Å². The van der Waals surface area contributed by atoms with Gasteiger partial charge in [-0.25, -0.2) is 4.98 Å². The van der Waals surface area contributed by atoms with Crippen LogP contribution < -0.4 is 16.2 Å². The number of fused-ring (bicyclic) bond motifs is 1. The summed E-state index contributed by atoms with van der Waals surface area (Å²) in [7, 11) is 2.18. The molecule has 1 aromatic carbocycles. The van der Waals surface area contributed by atoms with E-state index in [0.29, 0.717) is 36.1 Å². The van der Waals surface area contributed by atoms with E-state index in [1.165, 1.54) is 19.4 Å². The second-order valence-electron chi connectivity index (χ2n) is 11.9. The number of aromatic nitrogens is 4. The van der Waals surface area contributed by atoms with E-state index in [4.69, 9.17) is 9.72 Å². The van der Waals surface area contributed by atoms with Crippen LogP contribution in [0, 0.1) is 0 Å². The van der Waals surface area contributed by atoms with Crippen LogP contribution >= 0.6 is 0 Å². The molecule has 9 nitrogen and oxygen atoms in total. The van der Waals surface area contributed by atoms with Crippen LogP contribution in [-0.2, 0) is 11.3 Å². The lowest BCUT2D eigenvalue weighted by Gasteiger charge is -2.30. The molecule has 4 aromatic rings. The van der Waals surface area contributed by atoms with Crippen molar-refractivity contribution in [2.75, 3.05) is 44.0 Å². The fraction of sp³-hybridized carbons (Fsp3) is 0.469. The van der Waals surface area contributed by atoms with Gasteiger partial charge in [0.05, 0.1) is 6.54 Å². The molecule has 0 amide bonds. The van der Waals surface area contributed by atoms with Crippen LogP contribution in [0.15, 0.2) is 59.7 Å². The van der Waals surface area contributed by atoms with Gasteiger partial charge in [-0.1, -0.05) is 0 Å². The Bertz CT molecular complexity index is 1570. The van der Waals surface area contributed by atoms with Crippen molar-refractivity contribution in [1.29, 1.82) is 0 Å². The number of hydrogen-bond donors (Lipinski definition) is 2. The van der Waals surface area contributed by atoms with Gasteiger partial charge in [0.1, 0.15) is 5.65 Å². The Kier molecular flexibility index (Phi) is 7.22. The zero-order valence-corrected chi connectivity index (χ0v) is 23.8. The summed E-state index contributed by atoms with van der Waals surface area (Å²) in [6, 6.07) is 15.4. The molecule has 0 radical (unpaired) electrons. The van der Waals surface area contributed by atoms with E-state index >= 15 is 0 Å². The highest BCUT2D eigenvalue weighted by Gasteiger charge is 2.28. The third kappa shape index (κ3) is 5.74. The smallest absolute Gasteiger partial charge is 0.256 e. The minimum Gasteiger partial charge on any atom is -0.381 e. The molecule has 0 spiro atoms. The lowest BCUT2D eigenvalue weighted by molar-refractivity contribution is 0.0689. The molecule has 1 aliphatic carbocycles. The summed E-state index contributed by atoms with van der Waals surface area (Å²) in [6.45, 7) is 4.27. The Balaban J connectivity index is 1.16. The fourth-order valence-electron chi connectivity index (χ4n) is 6.42. The molecule has 3 fully saturated rings. The Morgan fingerprint density at radius 3 is 2.61 bits per heavy atom. The quantitative estimate of drug-likeness (QED) is 0.313. The largest absolute Gasteiger partial charge is 0.381 e. The molecule has 7 rings (SSSR count). The molecule has 41 heavy (non-hydrogen) atoms. The second kappa shape index (κ2) is 11.3. The van der Waals surface area contributed by atoms with Gasteiger partial charge in [-0.05, 0) is 100 Å². The summed E-state index contributed by atoms with van der Waals surface area (Å²) >= 11 is 0. The highest BCUT2D eigenvalue weighted by molar-refractivity contribution is 5.77. The number of benzene rings is 1. The van der Waals surface area contributed by atoms with Gasteiger partial charge in [0, 0.05) is 72.3 Å². The first-order chi connectivity index (χ1) is 20.1. The van der Waals surface area contributed by atoms with Gasteiger partial charge >= 0.3 is 0 Å². The van der Waals surface area contributed by atoms with Crippen LogP contribution in [0.4, 0.5) is 17.3 Å². The zero-order chi connectivity index (χ0) is 27.8. The average molecular weight is 554 g/mol. The molecular formula is C32H39N7O2. The number of nitrogens with one attached hydrogen (secondary N) is 2. The summed E-state index contributed by atoms with van der Waals surface area (Å²) in [5.74, 6) is 0.832. The number of piperidine rings is 1. The summed E-state index contributed by atoms with van der Waals surface area (Å²) in [6.07, 6.45) is 10.5. The van der Waals surface area contributed by atoms with Gasteiger partial charge in [0.25, 0.3) is 5.56 Å². The molecule has 2 aliphatic heterocycles. The van der Waals surface area contributed by atoms with Gasteiger partial charge < -0.3 is 24.8 Å². The van der Waals surface area contributed by atoms with Crippen LogP contribution in [0.1, 0.15) is 61.7 Å². The Hall–Kier alpha value is -3.69. The normalized spacial score (nSPS) is 20.4. The molecule has 1 atom stereocenters. The Labute approximate surface area is 240 Å². The lowest BCUT2D eigenvalue weighted by Crippen LogP contribution is -2.39. The average Bonchev–Trinajstić information content (AvgIpc) is 3.73. The van der Waals surface area contributed by atoms with Gasteiger partial charge in [-0.2, -0.15) is 4.98 Å². The molecule has 2 saturated heterocycles. The SMILES string of the molecule is CN1CCCC(Nc2ccc(Nc3ncc4cc(C5CC5)c(=O)n(Cc5cccn5C5CCOCC5)c4n3)cc2)C1. The van der Waals surface area contributed by atoms with Crippen molar-refractivity contribution in [3.8, 4) is 0 Å². The molecule has 5 heterocycles. The molecule has 1 saturated carbocycles. The maximum absolute atomic E-state index is 13.8. The highest BCUT2D eigenvalue weighted by Crippen LogP contribution is 2.39. The molecule has 214 valence electrons. The number of hydrogen-bond acceptors (Lipinski definition) is 7. The van der Waals surface area contributed by atoms with Crippen molar-refractivity contribution < 1.29 is 4.74 Å². The molecule has 0 bridgehead atoms. The fourth-order valence-corrected chi connectivity index (χ4v) is 6.42. The van der Waals surface area contributed by atoms with Crippen molar-refractivity contribution in [2.45, 2.75) is 63.1 Å². The highest BCUT2D eigenvalue weighted by atomic mass is 16.5.